The highest BCUT2D eigenvalue weighted by atomic mass is 35.5. The van der Waals surface area contributed by atoms with Crippen molar-refractivity contribution in [1.29, 1.82) is 0 Å². The summed E-state index contributed by atoms with van der Waals surface area (Å²) >= 11 is 6.12. The van der Waals surface area contributed by atoms with Crippen LogP contribution in [0.1, 0.15) is 51.6 Å². The van der Waals surface area contributed by atoms with E-state index in [1.807, 2.05) is 0 Å². The maximum Gasteiger partial charge on any atom is 0.124 e. The van der Waals surface area contributed by atoms with Gasteiger partial charge in [0.2, 0.25) is 0 Å². The summed E-state index contributed by atoms with van der Waals surface area (Å²) in [7, 11) is 0. The SMILES string of the molecule is CC(NN1C(C)CCCC1C)c1ccc(F)cc1Cl. The summed E-state index contributed by atoms with van der Waals surface area (Å²) in [6, 6.07) is 5.71. The van der Waals surface area contributed by atoms with Crippen molar-refractivity contribution >= 4 is 11.6 Å². The van der Waals surface area contributed by atoms with E-state index in [1.165, 1.54) is 31.4 Å². The summed E-state index contributed by atoms with van der Waals surface area (Å²) in [5, 5.41) is 2.80. The minimum atomic E-state index is -0.291. The highest BCUT2D eigenvalue weighted by Gasteiger charge is 2.26. The van der Waals surface area contributed by atoms with E-state index in [9.17, 15) is 4.39 Å². The largest absolute Gasteiger partial charge is 0.247 e. The molecule has 1 aromatic carbocycles. The Bertz CT molecular complexity index is 428. The molecule has 2 nitrogen and oxygen atoms in total. The van der Waals surface area contributed by atoms with Gasteiger partial charge in [-0.25, -0.2) is 14.8 Å². The van der Waals surface area contributed by atoms with E-state index < -0.39 is 0 Å². The van der Waals surface area contributed by atoms with Crippen molar-refractivity contribution in [2.45, 2.75) is 58.2 Å². The molecule has 0 radical (unpaired) electrons. The summed E-state index contributed by atoms with van der Waals surface area (Å²) < 4.78 is 13.1. The van der Waals surface area contributed by atoms with E-state index in [2.05, 4.69) is 31.2 Å². The highest BCUT2D eigenvalue weighted by molar-refractivity contribution is 6.31. The predicted molar refractivity (Wildman–Crippen MR) is 77.6 cm³/mol. The van der Waals surface area contributed by atoms with Crippen LogP contribution in [0.4, 0.5) is 4.39 Å². The molecule has 0 aliphatic carbocycles. The van der Waals surface area contributed by atoms with E-state index in [-0.39, 0.29) is 11.9 Å². The Balaban J connectivity index is 2.09. The third kappa shape index (κ3) is 3.47. The topological polar surface area (TPSA) is 15.3 Å². The van der Waals surface area contributed by atoms with Crippen LogP contribution < -0.4 is 5.43 Å². The number of nitrogens with one attached hydrogen (secondary N) is 1. The lowest BCUT2D eigenvalue weighted by Crippen LogP contribution is -2.52. The first-order valence-corrected chi connectivity index (χ1v) is 7.36. The van der Waals surface area contributed by atoms with Crippen LogP contribution >= 0.6 is 11.6 Å². The molecule has 1 heterocycles. The average molecular weight is 285 g/mol. The normalized spacial score (nSPS) is 26.4. The van der Waals surface area contributed by atoms with Gasteiger partial charge in [-0.1, -0.05) is 24.1 Å². The van der Waals surface area contributed by atoms with Gasteiger partial charge < -0.3 is 0 Å². The van der Waals surface area contributed by atoms with Crippen LogP contribution in [0.5, 0.6) is 0 Å². The molecular weight excluding hydrogens is 263 g/mol. The fraction of sp³-hybridized carbons (Fsp3) is 0.600. The van der Waals surface area contributed by atoms with Crippen LogP contribution in [0.2, 0.25) is 5.02 Å². The Labute approximate surface area is 119 Å². The first-order chi connectivity index (χ1) is 8.99. The Kier molecular flexibility index (Phi) is 4.82. The van der Waals surface area contributed by atoms with Crippen LogP contribution in [0.3, 0.4) is 0 Å². The summed E-state index contributed by atoms with van der Waals surface area (Å²) in [4.78, 5) is 0. The summed E-state index contributed by atoms with van der Waals surface area (Å²) in [6.07, 6.45) is 3.70. The maximum atomic E-state index is 13.1. The molecule has 0 amide bonds. The molecule has 0 saturated carbocycles. The molecule has 1 saturated heterocycles. The van der Waals surface area contributed by atoms with Gasteiger partial charge in [0.25, 0.3) is 0 Å². The van der Waals surface area contributed by atoms with Crippen molar-refractivity contribution in [2.24, 2.45) is 0 Å². The molecule has 3 atom stereocenters. The lowest BCUT2D eigenvalue weighted by Gasteiger charge is -2.41. The molecule has 1 fully saturated rings. The van der Waals surface area contributed by atoms with E-state index >= 15 is 0 Å². The van der Waals surface area contributed by atoms with Gasteiger partial charge in [0.15, 0.2) is 0 Å². The summed E-state index contributed by atoms with van der Waals surface area (Å²) in [6.45, 7) is 6.54. The van der Waals surface area contributed by atoms with Gasteiger partial charge in [0, 0.05) is 23.1 Å². The molecular formula is C15H22ClFN2. The number of rotatable bonds is 3. The van der Waals surface area contributed by atoms with Crippen LogP contribution in [0.25, 0.3) is 0 Å². The Morgan fingerprint density at radius 3 is 2.53 bits per heavy atom. The molecule has 3 unspecified atom stereocenters. The fourth-order valence-electron chi connectivity index (χ4n) is 2.82. The number of hydrogen-bond acceptors (Lipinski definition) is 2. The predicted octanol–water partition coefficient (Wildman–Crippen LogP) is 4.31. The summed E-state index contributed by atoms with van der Waals surface area (Å²) in [5.74, 6) is -0.291. The molecule has 1 aliphatic rings. The van der Waals surface area contributed by atoms with Crippen molar-refractivity contribution in [1.82, 2.24) is 10.4 Å². The van der Waals surface area contributed by atoms with Gasteiger partial charge in [-0.2, -0.15) is 0 Å². The summed E-state index contributed by atoms with van der Waals surface area (Å²) in [5.41, 5.74) is 4.46. The smallest absolute Gasteiger partial charge is 0.124 e. The minimum absolute atomic E-state index is 0.0797. The van der Waals surface area contributed by atoms with Gasteiger partial charge in [-0.3, -0.25) is 0 Å². The zero-order valence-electron chi connectivity index (χ0n) is 11.8. The number of nitrogens with zero attached hydrogens (tertiary/aromatic N) is 1. The molecule has 1 aliphatic heterocycles. The molecule has 4 heteroatoms. The number of hydrogen-bond donors (Lipinski definition) is 1. The standard InChI is InChI=1S/C15H22ClFN2/c1-10-5-4-6-11(2)19(10)18-12(3)14-8-7-13(17)9-15(14)16/h7-12,18H,4-6H2,1-3H3. The Morgan fingerprint density at radius 1 is 1.32 bits per heavy atom. The molecule has 1 N–H and O–H groups in total. The second-order valence-corrected chi connectivity index (χ2v) is 5.96. The van der Waals surface area contributed by atoms with Crippen LogP contribution in [-0.4, -0.2) is 17.1 Å². The van der Waals surface area contributed by atoms with Crippen molar-refractivity contribution in [2.75, 3.05) is 0 Å². The second-order valence-electron chi connectivity index (χ2n) is 5.55. The zero-order chi connectivity index (χ0) is 14.0. The third-order valence-electron chi connectivity index (χ3n) is 3.97. The van der Waals surface area contributed by atoms with E-state index in [0.29, 0.717) is 17.1 Å². The highest BCUT2D eigenvalue weighted by Crippen LogP contribution is 2.27. The zero-order valence-corrected chi connectivity index (χ0v) is 12.5. The Hall–Kier alpha value is -0.640. The molecule has 1 aromatic rings. The maximum absolute atomic E-state index is 13.1. The van der Waals surface area contributed by atoms with E-state index in [0.717, 1.165) is 5.56 Å². The van der Waals surface area contributed by atoms with Crippen LogP contribution in [-0.2, 0) is 0 Å². The van der Waals surface area contributed by atoms with Crippen molar-refractivity contribution in [3.05, 3.63) is 34.6 Å². The molecule has 0 spiro atoms. The third-order valence-corrected chi connectivity index (χ3v) is 4.29. The first kappa shape index (κ1) is 14.8. The molecule has 19 heavy (non-hydrogen) atoms. The van der Waals surface area contributed by atoms with Crippen molar-refractivity contribution in [3.63, 3.8) is 0 Å². The monoisotopic (exact) mass is 284 g/mol. The first-order valence-electron chi connectivity index (χ1n) is 6.98. The molecule has 0 bridgehead atoms. The molecule has 2 rings (SSSR count). The van der Waals surface area contributed by atoms with Gasteiger partial charge >= 0.3 is 0 Å². The average Bonchev–Trinajstić information content (AvgIpc) is 2.33. The van der Waals surface area contributed by atoms with Crippen molar-refractivity contribution < 1.29 is 4.39 Å². The second kappa shape index (κ2) is 6.21. The van der Waals surface area contributed by atoms with Crippen LogP contribution in [0, 0.1) is 5.82 Å². The van der Waals surface area contributed by atoms with Gasteiger partial charge in [0.1, 0.15) is 5.82 Å². The number of piperidine rings is 1. The lowest BCUT2D eigenvalue weighted by atomic mass is 9.99. The lowest BCUT2D eigenvalue weighted by molar-refractivity contribution is 0.0320. The fourth-order valence-corrected chi connectivity index (χ4v) is 3.15. The van der Waals surface area contributed by atoms with E-state index in [4.69, 9.17) is 11.6 Å². The van der Waals surface area contributed by atoms with Crippen molar-refractivity contribution in [3.8, 4) is 0 Å². The van der Waals surface area contributed by atoms with E-state index in [1.54, 1.807) is 6.07 Å². The number of benzene rings is 1. The number of halogens is 2. The quantitative estimate of drug-likeness (QED) is 0.890. The van der Waals surface area contributed by atoms with Gasteiger partial charge in [-0.15, -0.1) is 0 Å². The molecule has 106 valence electrons. The molecule has 0 aromatic heterocycles. The minimum Gasteiger partial charge on any atom is -0.247 e. The van der Waals surface area contributed by atoms with Crippen LogP contribution in [0.15, 0.2) is 18.2 Å². The van der Waals surface area contributed by atoms with Gasteiger partial charge in [0.05, 0.1) is 0 Å². The van der Waals surface area contributed by atoms with Gasteiger partial charge in [-0.05, 0) is 51.3 Å². The number of hydrazine groups is 1. The Morgan fingerprint density at radius 2 is 1.95 bits per heavy atom.